The zero-order chi connectivity index (χ0) is 19.1. The van der Waals surface area contributed by atoms with Crippen molar-refractivity contribution in [3.8, 4) is 0 Å². The molecule has 2 aliphatic heterocycles. The Kier molecular flexibility index (Phi) is 4.33. The number of fused-ring (bicyclic) bond motifs is 1. The van der Waals surface area contributed by atoms with E-state index in [4.69, 9.17) is 0 Å². The van der Waals surface area contributed by atoms with E-state index in [1.165, 1.54) is 0 Å². The van der Waals surface area contributed by atoms with E-state index >= 15 is 0 Å². The van der Waals surface area contributed by atoms with Crippen LogP contribution in [-0.2, 0) is 17.8 Å². The van der Waals surface area contributed by atoms with Crippen LogP contribution in [0.3, 0.4) is 0 Å². The lowest BCUT2D eigenvalue weighted by Gasteiger charge is -2.29. The number of carboxylic acid groups (broad SMARTS) is 1. The van der Waals surface area contributed by atoms with Gasteiger partial charge in [0, 0.05) is 49.8 Å². The number of carbonyl (C=O) groups is 2. The Labute approximate surface area is 157 Å². The minimum absolute atomic E-state index is 0.119. The van der Waals surface area contributed by atoms with Crippen LogP contribution in [0.1, 0.15) is 54.5 Å². The van der Waals surface area contributed by atoms with E-state index in [1.807, 2.05) is 30.7 Å². The first-order chi connectivity index (χ1) is 13.0. The molecule has 2 aromatic rings. The average Bonchev–Trinajstić information content (AvgIpc) is 3.25. The van der Waals surface area contributed by atoms with E-state index in [0.29, 0.717) is 13.0 Å². The van der Waals surface area contributed by atoms with Crippen LogP contribution in [0.4, 0.5) is 11.5 Å². The quantitative estimate of drug-likeness (QED) is 0.889. The minimum atomic E-state index is -0.997. The third kappa shape index (κ3) is 3.05. The van der Waals surface area contributed by atoms with Crippen molar-refractivity contribution in [1.82, 2.24) is 14.8 Å². The summed E-state index contributed by atoms with van der Waals surface area (Å²) in [6, 6.07) is 3.93. The Morgan fingerprint density at radius 2 is 2.04 bits per heavy atom. The van der Waals surface area contributed by atoms with Crippen LogP contribution in [0.25, 0.3) is 0 Å². The van der Waals surface area contributed by atoms with Crippen molar-refractivity contribution in [2.24, 2.45) is 0 Å². The molecule has 4 heterocycles. The number of hydrogen-bond acceptors (Lipinski definition) is 5. The van der Waals surface area contributed by atoms with Crippen molar-refractivity contribution in [2.45, 2.75) is 45.7 Å². The van der Waals surface area contributed by atoms with Crippen LogP contribution in [0.15, 0.2) is 18.3 Å². The maximum absolute atomic E-state index is 11.9. The van der Waals surface area contributed by atoms with Gasteiger partial charge in [0.15, 0.2) is 5.69 Å². The summed E-state index contributed by atoms with van der Waals surface area (Å²) in [5, 5.41) is 13.8. The Morgan fingerprint density at radius 1 is 1.22 bits per heavy atom. The van der Waals surface area contributed by atoms with Crippen molar-refractivity contribution >= 4 is 23.4 Å². The lowest BCUT2D eigenvalue weighted by Crippen LogP contribution is -2.32. The largest absolute Gasteiger partial charge is 0.476 e. The van der Waals surface area contributed by atoms with E-state index in [-0.39, 0.29) is 17.6 Å². The fourth-order valence-corrected chi connectivity index (χ4v) is 3.89. The predicted molar refractivity (Wildman–Crippen MR) is 100 cm³/mol. The average molecular weight is 369 g/mol. The molecule has 0 bridgehead atoms. The monoisotopic (exact) mass is 369 g/mol. The number of pyridine rings is 1. The van der Waals surface area contributed by atoms with Crippen LogP contribution in [0, 0.1) is 0 Å². The normalized spacial score (nSPS) is 16.9. The summed E-state index contributed by atoms with van der Waals surface area (Å²) >= 11 is 0. The topological polar surface area (TPSA) is 91.6 Å². The van der Waals surface area contributed by atoms with Crippen LogP contribution >= 0.6 is 0 Å². The minimum Gasteiger partial charge on any atom is -0.476 e. The van der Waals surface area contributed by atoms with Crippen LogP contribution < -0.4 is 9.80 Å². The Hall–Kier alpha value is -2.90. The van der Waals surface area contributed by atoms with Gasteiger partial charge in [0.05, 0.1) is 11.9 Å². The number of carboxylic acids is 1. The molecule has 142 valence electrons. The number of hydrogen-bond donors (Lipinski definition) is 1. The molecule has 1 N–H and O–H groups in total. The van der Waals surface area contributed by atoms with E-state index < -0.39 is 5.97 Å². The second kappa shape index (κ2) is 6.68. The fraction of sp³-hybridized carbons (Fsp3) is 0.474. The van der Waals surface area contributed by atoms with Crippen LogP contribution in [0.2, 0.25) is 0 Å². The molecule has 1 saturated heterocycles. The van der Waals surface area contributed by atoms with Gasteiger partial charge in [0.1, 0.15) is 5.82 Å². The van der Waals surface area contributed by atoms with E-state index in [0.717, 1.165) is 48.7 Å². The Bertz CT molecular complexity index is 887. The molecule has 0 radical (unpaired) electrons. The Balaban J connectivity index is 1.59. The summed E-state index contributed by atoms with van der Waals surface area (Å²) in [5.41, 5.74) is 2.71. The number of nitrogens with zero attached hydrogens (tertiary/aromatic N) is 5. The SMILES string of the molecule is CC(C)n1nc(C(=O)O)c2c1CCN(c1ccc(N3CCCC3=O)cn1)C2. The lowest BCUT2D eigenvalue weighted by molar-refractivity contribution is -0.117. The first kappa shape index (κ1) is 17.5. The smallest absolute Gasteiger partial charge is 0.356 e. The standard InChI is InChI=1S/C19H23N5O3/c1-12(2)24-15-7-9-22(11-14(15)18(21-24)19(26)27)16-6-5-13(10-20-16)23-8-3-4-17(23)25/h5-6,10,12H,3-4,7-9,11H2,1-2H3,(H,26,27). The molecule has 0 aliphatic carbocycles. The number of anilines is 2. The Morgan fingerprint density at radius 3 is 2.63 bits per heavy atom. The molecular formula is C19H23N5O3. The fourth-order valence-electron chi connectivity index (χ4n) is 3.89. The second-order valence-corrected chi connectivity index (χ2v) is 7.31. The molecule has 1 amide bonds. The number of rotatable bonds is 4. The van der Waals surface area contributed by atoms with Gasteiger partial charge in [-0.05, 0) is 32.4 Å². The summed E-state index contributed by atoms with van der Waals surface area (Å²) in [4.78, 5) is 31.9. The number of carbonyl (C=O) groups excluding carboxylic acids is 1. The van der Waals surface area contributed by atoms with E-state index in [1.54, 1.807) is 11.1 Å². The molecule has 8 nitrogen and oxygen atoms in total. The maximum atomic E-state index is 11.9. The third-order valence-corrected chi connectivity index (χ3v) is 5.22. The molecule has 2 aromatic heterocycles. The van der Waals surface area contributed by atoms with Crippen molar-refractivity contribution < 1.29 is 14.7 Å². The molecule has 0 saturated carbocycles. The van der Waals surface area contributed by atoms with Gasteiger partial charge >= 0.3 is 5.97 Å². The highest BCUT2D eigenvalue weighted by Gasteiger charge is 2.29. The van der Waals surface area contributed by atoms with Gasteiger partial charge in [0.2, 0.25) is 5.91 Å². The molecule has 0 spiro atoms. The van der Waals surface area contributed by atoms with Crippen molar-refractivity contribution in [3.63, 3.8) is 0 Å². The molecule has 27 heavy (non-hydrogen) atoms. The first-order valence-corrected chi connectivity index (χ1v) is 9.30. The highest BCUT2D eigenvalue weighted by Crippen LogP contribution is 2.29. The third-order valence-electron chi connectivity index (χ3n) is 5.22. The van der Waals surface area contributed by atoms with Gasteiger partial charge in [-0.2, -0.15) is 5.10 Å². The highest BCUT2D eigenvalue weighted by molar-refractivity contribution is 5.95. The molecule has 4 rings (SSSR count). The number of aromatic nitrogens is 3. The van der Waals surface area contributed by atoms with Crippen LogP contribution in [-0.4, -0.2) is 44.8 Å². The van der Waals surface area contributed by atoms with E-state index in [9.17, 15) is 14.7 Å². The molecule has 0 aromatic carbocycles. The molecule has 1 fully saturated rings. The zero-order valence-corrected chi connectivity index (χ0v) is 15.6. The summed E-state index contributed by atoms with van der Waals surface area (Å²) in [6.07, 6.45) is 3.92. The number of aromatic carboxylic acids is 1. The summed E-state index contributed by atoms with van der Waals surface area (Å²) in [5.74, 6) is -0.0765. The van der Waals surface area contributed by atoms with Crippen molar-refractivity contribution in [2.75, 3.05) is 22.9 Å². The molecular weight excluding hydrogens is 346 g/mol. The van der Waals surface area contributed by atoms with Crippen molar-refractivity contribution in [3.05, 3.63) is 35.3 Å². The predicted octanol–water partition coefficient (Wildman–Crippen LogP) is 2.25. The van der Waals surface area contributed by atoms with Crippen LogP contribution in [0.5, 0.6) is 0 Å². The number of amides is 1. The van der Waals surface area contributed by atoms with Crippen molar-refractivity contribution in [1.29, 1.82) is 0 Å². The molecule has 8 heteroatoms. The van der Waals surface area contributed by atoms with Gasteiger partial charge in [-0.25, -0.2) is 9.78 Å². The molecule has 0 atom stereocenters. The van der Waals surface area contributed by atoms with Gasteiger partial charge < -0.3 is 14.9 Å². The van der Waals surface area contributed by atoms with Gasteiger partial charge in [0.25, 0.3) is 0 Å². The maximum Gasteiger partial charge on any atom is 0.356 e. The lowest BCUT2D eigenvalue weighted by atomic mass is 10.0. The summed E-state index contributed by atoms with van der Waals surface area (Å²) in [7, 11) is 0. The van der Waals surface area contributed by atoms with Gasteiger partial charge in [-0.15, -0.1) is 0 Å². The van der Waals surface area contributed by atoms with Gasteiger partial charge in [-0.1, -0.05) is 0 Å². The first-order valence-electron chi connectivity index (χ1n) is 9.30. The zero-order valence-electron chi connectivity index (χ0n) is 15.6. The second-order valence-electron chi connectivity index (χ2n) is 7.31. The summed E-state index contributed by atoms with van der Waals surface area (Å²) < 4.78 is 1.83. The van der Waals surface area contributed by atoms with E-state index in [2.05, 4.69) is 15.0 Å². The molecule has 0 unspecified atom stereocenters. The highest BCUT2D eigenvalue weighted by atomic mass is 16.4. The molecule has 2 aliphatic rings. The van der Waals surface area contributed by atoms with Gasteiger partial charge in [-0.3, -0.25) is 9.48 Å². The summed E-state index contributed by atoms with van der Waals surface area (Å²) in [6.45, 7) is 5.97.